The fourth-order valence-electron chi connectivity index (χ4n) is 5.21. The van der Waals surface area contributed by atoms with Crippen molar-refractivity contribution >= 4 is 5.97 Å². The van der Waals surface area contributed by atoms with Gasteiger partial charge in [0, 0.05) is 17.5 Å². The smallest absolute Gasteiger partial charge is 0.303 e. The molecule has 39 heavy (non-hydrogen) atoms. The van der Waals surface area contributed by atoms with Crippen LogP contribution in [0.1, 0.15) is 81.4 Å². The van der Waals surface area contributed by atoms with Crippen LogP contribution in [-0.4, -0.2) is 18.2 Å². The minimum atomic E-state index is -0.863. The Balaban J connectivity index is 0.00000110. The molecule has 1 N–H and O–H groups in total. The van der Waals surface area contributed by atoms with E-state index in [0.29, 0.717) is 34.6 Å². The van der Waals surface area contributed by atoms with E-state index in [0.717, 1.165) is 30.4 Å². The van der Waals surface area contributed by atoms with Crippen LogP contribution in [0.25, 0.3) is 11.1 Å². The summed E-state index contributed by atoms with van der Waals surface area (Å²) in [5, 5.41) is 8.93. The molecule has 2 fully saturated rings. The Hall–Kier alpha value is -3.41. The van der Waals surface area contributed by atoms with Crippen molar-refractivity contribution in [2.24, 2.45) is 5.41 Å². The van der Waals surface area contributed by atoms with E-state index in [-0.39, 0.29) is 24.4 Å². The van der Waals surface area contributed by atoms with Crippen molar-refractivity contribution < 1.29 is 28.2 Å². The number of rotatable bonds is 9. The van der Waals surface area contributed by atoms with Crippen LogP contribution in [0, 0.1) is 17.0 Å². The Bertz CT molecular complexity index is 1300. The number of carboxylic acid groups (broad SMARTS) is 1. The van der Waals surface area contributed by atoms with Crippen LogP contribution in [0.15, 0.2) is 54.6 Å². The van der Waals surface area contributed by atoms with E-state index in [4.69, 9.17) is 14.6 Å². The summed E-state index contributed by atoms with van der Waals surface area (Å²) in [6.45, 7) is 4.42. The lowest BCUT2D eigenvalue weighted by molar-refractivity contribution is -0.136. The molecule has 1 unspecified atom stereocenters. The second-order valence-electron chi connectivity index (χ2n) is 11.2. The predicted molar refractivity (Wildman–Crippen MR) is 149 cm³/mol. The summed E-state index contributed by atoms with van der Waals surface area (Å²) in [5.74, 6) is -0.542. The van der Waals surface area contributed by atoms with Crippen molar-refractivity contribution in [2.75, 3.05) is 7.11 Å². The van der Waals surface area contributed by atoms with E-state index in [1.165, 1.54) is 38.5 Å². The number of methoxy groups -OCH3 is 1. The minimum absolute atomic E-state index is 0.00147. The molecule has 0 aromatic heterocycles. The van der Waals surface area contributed by atoms with E-state index < -0.39 is 17.6 Å². The number of ether oxygens (including phenoxy) is 2. The largest absolute Gasteiger partial charge is 0.497 e. The van der Waals surface area contributed by atoms with Gasteiger partial charge in [-0.3, -0.25) is 4.79 Å². The lowest BCUT2D eigenvalue weighted by Gasteiger charge is -2.30. The van der Waals surface area contributed by atoms with E-state index in [1.807, 2.05) is 12.1 Å². The number of aliphatic carboxylic acids is 1. The van der Waals surface area contributed by atoms with Crippen LogP contribution < -0.4 is 9.47 Å². The second kappa shape index (κ2) is 12.6. The van der Waals surface area contributed by atoms with Crippen LogP contribution in [-0.2, 0) is 17.8 Å². The highest BCUT2D eigenvalue weighted by Gasteiger charge is 2.37. The molecular weight excluding hydrogens is 498 g/mol. The minimum Gasteiger partial charge on any atom is -0.497 e. The maximum Gasteiger partial charge on any atom is 0.303 e. The number of carbonyl (C=O) groups is 1. The van der Waals surface area contributed by atoms with Gasteiger partial charge in [-0.05, 0) is 89.8 Å². The fourth-order valence-corrected chi connectivity index (χ4v) is 5.21. The third-order valence-corrected chi connectivity index (χ3v) is 7.59. The van der Waals surface area contributed by atoms with E-state index in [1.54, 1.807) is 30.3 Å². The topological polar surface area (TPSA) is 55.8 Å². The standard InChI is InChI=1S/C30H32F2O4.C3H6/c1-30(2)13-5-8-26(30)24-15-20(18-36-22-7-4-6-19(14-22)9-12-29(33)34)28(32)17-23(24)25-16-21(35-3)10-11-27(25)31;1-2-3-1/h4,6-7,10-11,14-17,26H,5,8-9,12-13,18H2,1-3H3,(H,33,34);1-3H2. The average molecular weight is 537 g/mol. The number of carboxylic acids is 1. The molecular formula is C33H38F2O4. The molecule has 0 bridgehead atoms. The number of hydrogen-bond acceptors (Lipinski definition) is 3. The summed E-state index contributed by atoms with van der Waals surface area (Å²) in [7, 11) is 1.52. The first-order chi connectivity index (χ1) is 18.7. The quantitative estimate of drug-likeness (QED) is 0.297. The Morgan fingerprint density at radius 1 is 0.949 bits per heavy atom. The molecule has 0 radical (unpaired) electrons. The first kappa shape index (κ1) is 28.6. The molecule has 0 saturated heterocycles. The normalized spacial score (nSPS) is 17.2. The third kappa shape index (κ3) is 7.59. The zero-order valence-electron chi connectivity index (χ0n) is 23.1. The van der Waals surface area contributed by atoms with Crippen molar-refractivity contribution in [2.45, 2.75) is 77.7 Å². The summed E-state index contributed by atoms with van der Waals surface area (Å²) in [5.41, 5.74) is 3.02. The van der Waals surface area contributed by atoms with Crippen molar-refractivity contribution in [1.29, 1.82) is 0 Å². The SMILES string of the molecule is C1CC1.COc1ccc(F)c(-c2cc(F)c(COc3cccc(CCC(=O)O)c3)cc2C2CCCC2(C)C)c1. The summed E-state index contributed by atoms with van der Waals surface area (Å²) in [6.07, 6.45) is 7.97. The van der Waals surface area contributed by atoms with Crippen molar-refractivity contribution in [3.8, 4) is 22.6 Å². The Morgan fingerprint density at radius 3 is 2.36 bits per heavy atom. The maximum atomic E-state index is 15.4. The first-order valence-electron chi connectivity index (χ1n) is 13.8. The van der Waals surface area contributed by atoms with Crippen molar-refractivity contribution in [3.05, 3.63) is 82.9 Å². The van der Waals surface area contributed by atoms with Gasteiger partial charge in [0.15, 0.2) is 0 Å². The highest BCUT2D eigenvalue weighted by molar-refractivity contribution is 5.71. The molecule has 3 aromatic rings. The molecule has 0 amide bonds. The zero-order chi connectivity index (χ0) is 28.0. The van der Waals surface area contributed by atoms with E-state index >= 15 is 4.39 Å². The summed E-state index contributed by atoms with van der Waals surface area (Å²) in [4.78, 5) is 10.9. The van der Waals surface area contributed by atoms with Gasteiger partial charge < -0.3 is 14.6 Å². The van der Waals surface area contributed by atoms with Gasteiger partial charge in [0.05, 0.1) is 7.11 Å². The van der Waals surface area contributed by atoms with E-state index in [9.17, 15) is 9.18 Å². The lowest BCUT2D eigenvalue weighted by atomic mass is 9.75. The monoisotopic (exact) mass is 536 g/mol. The average Bonchev–Trinajstić information content (AvgIpc) is 3.76. The first-order valence-corrected chi connectivity index (χ1v) is 13.8. The summed E-state index contributed by atoms with van der Waals surface area (Å²) >= 11 is 0. The Labute approximate surface area is 230 Å². The lowest BCUT2D eigenvalue weighted by Crippen LogP contribution is -2.17. The Morgan fingerprint density at radius 2 is 1.72 bits per heavy atom. The number of halogens is 2. The fraction of sp³-hybridized carbons (Fsp3) is 0.424. The van der Waals surface area contributed by atoms with Crippen LogP contribution in [0.2, 0.25) is 0 Å². The molecule has 2 aliphatic rings. The summed E-state index contributed by atoms with van der Waals surface area (Å²) < 4.78 is 41.6. The molecule has 3 aromatic carbocycles. The van der Waals surface area contributed by atoms with Gasteiger partial charge in [-0.25, -0.2) is 8.78 Å². The highest BCUT2D eigenvalue weighted by Crippen LogP contribution is 2.51. The van der Waals surface area contributed by atoms with Gasteiger partial charge in [0.1, 0.15) is 29.7 Å². The molecule has 0 heterocycles. The maximum absolute atomic E-state index is 15.4. The molecule has 0 spiro atoms. The van der Waals surface area contributed by atoms with Gasteiger partial charge >= 0.3 is 5.97 Å². The van der Waals surface area contributed by atoms with Gasteiger partial charge in [-0.15, -0.1) is 0 Å². The molecule has 2 aliphatic carbocycles. The van der Waals surface area contributed by atoms with Crippen molar-refractivity contribution in [1.82, 2.24) is 0 Å². The predicted octanol–water partition coefficient (Wildman–Crippen LogP) is 8.70. The van der Waals surface area contributed by atoms with Crippen LogP contribution in [0.3, 0.4) is 0 Å². The van der Waals surface area contributed by atoms with Gasteiger partial charge in [-0.2, -0.15) is 0 Å². The number of aryl methyl sites for hydroxylation is 1. The molecule has 0 aliphatic heterocycles. The van der Waals surface area contributed by atoms with Crippen molar-refractivity contribution in [3.63, 3.8) is 0 Å². The third-order valence-electron chi connectivity index (χ3n) is 7.59. The zero-order valence-corrected chi connectivity index (χ0v) is 23.1. The molecule has 1 atom stereocenters. The molecule has 4 nitrogen and oxygen atoms in total. The number of benzene rings is 3. The van der Waals surface area contributed by atoms with Gasteiger partial charge in [0.25, 0.3) is 0 Å². The Kier molecular flexibility index (Phi) is 9.26. The van der Waals surface area contributed by atoms with Crippen LogP contribution in [0.4, 0.5) is 8.78 Å². The van der Waals surface area contributed by atoms with Gasteiger partial charge in [-0.1, -0.05) is 51.7 Å². The van der Waals surface area contributed by atoms with Crippen LogP contribution in [0.5, 0.6) is 11.5 Å². The van der Waals surface area contributed by atoms with Gasteiger partial charge in [0.2, 0.25) is 0 Å². The molecule has 5 rings (SSSR count). The molecule has 6 heteroatoms. The number of hydrogen-bond donors (Lipinski definition) is 1. The van der Waals surface area contributed by atoms with E-state index in [2.05, 4.69) is 13.8 Å². The molecule has 2 saturated carbocycles. The highest BCUT2D eigenvalue weighted by atomic mass is 19.1. The van der Waals surface area contributed by atoms with Crippen LogP contribution >= 0.6 is 0 Å². The summed E-state index contributed by atoms with van der Waals surface area (Å²) in [6, 6.07) is 15.0. The molecule has 208 valence electrons. The second-order valence-corrected chi connectivity index (χ2v) is 11.2.